The summed E-state index contributed by atoms with van der Waals surface area (Å²) in [5, 5.41) is 13.5. The van der Waals surface area contributed by atoms with Crippen LogP contribution in [0.2, 0.25) is 5.02 Å². The van der Waals surface area contributed by atoms with E-state index in [9.17, 15) is 18.0 Å². The Morgan fingerprint density at radius 2 is 1.77 bits per heavy atom. The highest BCUT2D eigenvalue weighted by Crippen LogP contribution is 2.37. The Balaban J connectivity index is 1.39. The largest absolute Gasteiger partial charge is 0.417 e. The molecule has 202 valence electrons. The fraction of sp³-hybridized carbons (Fsp3) is 0.107. The van der Waals surface area contributed by atoms with Crippen molar-refractivity contribution in [1.82, 2.24) is 30.5 Å². The van der Waals surface area contributed by atoms with E-state index < -0.39 is 22.8 Å². The minimum Gasteiger partial charge on any atom is -0.334 e. The third kappa shape index (κ3) is 6.26. The van der Waals surface area contributed by atoms with E-state index >= 15 is 0 Å². The Morgan fingerprint density at radius 3 is 2.48 bits per heavy atom. The number of pyridine rings is 1. The summed E-state index contributed by atoms with van der Waals surface area (Å²) in [6, 6.07) is 21.2. The van der Waals surface area contributed by atoms with Crippen molar-refractivity contribution in [3.8, 4) is 16.8 Å². The highest BCUT2D eigenvalue weighted by Gasteiger charge is 2.34. The van der Waals surface area contributed by atoms with Crippen molar-refractivity contribution in [2.75, 3.05) is 4.90 Å². The van der Waals surface area contributed by atoms with Crippen LogP contribution in [0.4, 0.5) is 23.7 Å². The van der Waals surface area contributed by atoms with Gasteiger partial charge in [0.2, 0.25) is 0 Å². The monoisotopic (exact) mass is 563 g/mol. The van der Waals surface area contributed by atoms with Crippen LogP contribution in [-0.4, -0.2) is 31.2 Å². The SMILES string of the molecule is O=C(NCc1ccc(-c2cccnc2)cc1)N(Cc1cccc(-n2cnnn2)c1)c1ccc(Cl)c(C(F)(F)F)c1. The summed E-state index contributed by atoms with van der Waals surface area (Å²) in [7, 11) is 0. The first kappa shape index (κ1) is 26.8. The fourth-order valence-electron chi connectivity index (χ4n) is 4.06. The standard InChI is InChI=1S/C28H21ClF3N7O/c29-26-11-10-23(14-25(26)28(30,31)32)38(17-20-3-1-5-24(13-20)39-18-35-36-37-39)27(40)34-15-19-6-8-21(9-7-19)22-4-2-12-33-16-22/h1-14,16,18H,15,17H2,(H,34,40). The zero-order valence-electron chi connectivity index (χ0n) is 20.8. The Labute approximate surface area is 232 Å². The number of benzene rings is 3. The van der Waals surface area contributed by atoms with Gasteiger partial charge in [-0.3, -0.25) is 9.88 Å². The van der Waals surface area contributed by atoms with Crippen molar-refractivity contribution in [3.63, 3.8) is 0 Å². The number of nitrogens with zero attached hydrogens (tertiary/aromatic N) is 6. The Bertz CT molecular complexity index is 1600. The predicted octanol–water partition coefficient (Wildman–Crippen LogP) is 6.31. The summed E-state index contributed by atoms with van der Waals surface area (Å²) >= 11 is 5.84. The van der Waals surface area contributed by atoms with Gasteiger partial charge in [-0.25, -0.2) is 9.48 Å². The first-order chi connectivity index (χ1) is 19.3. The molecule has 0 aliphatic rings. The third-order valence-corrected chi connectivity index (χ3v) is 6.40. The summed E-state index contributed by atoms with van der Waals surface area (Å²) in [5.74, 6) is 0. The molecule has 40 heavy (non-hydrogen) atoms. The molecule has 3 aromatic carbocycles. The lowest BCUT2D eigenvalue weighted by molar-refractivity contribution is -0.137. The number of hydrogen-bond acceptors (Lipinski definition) is 5. The number of hydrogen-bond donors (Lipinski definition) is 1. The number of halogens is 4. The summed E-state index contributed by atoms with van der Waals surface area (Å²) in [4.78, 5) is 18.8. The maximum absolute atomic E-state index is 13.6. The van der Waals surface area contributed by atoms with Gasteiger partial charge in [0.05, 0.1) is 22.8 Å². The van der Waals surface area contributed by atoms with Crippen LogP contribution in [0.25, 0.3) is 16.8 Å². The second kappa shape index (κ2) is 11.5. The van der Waals surface area contributed by atoms with E-state index in [1.165, 1.54) is 22.0 Å². The van der Waals surface area contributed by atoms with Gasteiger partial charge in [-0.15, -0.1) is 5.10 Å². The molecule has 0 saturated carbocycles. The smallest absolute Gasteiger partial charge is 0.334 e. The lowest BCUT2D eigenvalue weighted by Gasteiger charge is -2.25. The number of alkyl halides is 3. The van der Waals surface area contributed by atoms with Crippen LogP contribution in [0, 0.1) is 0 Å². The molecule has 1 N–H and O–H groups in total. The number of anilines is 1. The molecule has 2 aromatic heterocycles. The zero-order chi connectivity index (χ0) is 28.1. The van der Waals surface area contributed by atoms with Crippen molar-refractivity contribution in [2.24, 2.45) is 0 Å². The van der Waals surface area contributed by atoms with Gasteiger partial charge < -0.3 is 5.32 Å². The molecule has 5 aromatic rings. The van der Waals surface area contributed by atoms with Crippen molar-refractivity contribution in [1.29, 1.82) is 0 Å². The number of aromatic nitrogens is 5. The molecular formula is C28H21ClF3N7O. The second-order valence-electron chi connectivity index (χ2n) is 8.77. The van der Waals surface area contributed by atoms with Crippen LogP contribution in [0.3, 0.4) is 0 Å². The van der Waals surface area contributed by atoms with Crippen molar-refractivity contribution in [2.45, 2.75) is 19.3 Å². The van der Waals surface area contributed by atoms with E-state index in [2.05, 4.69) is 25.8 Å². The molecule has 2 amide bonds. The third-order valence-electron chi connectivity index (χ3n) is 6.07. The molecule has 0 radical (unpaired) electrons. The zero-order valence-corrected chi connectivity index (χ0v) is 21.5. The van der Waals surface area contributed by atoms with Crippen LogP contribution >= 0.6 is 11.6 Å². The summed E-state index contributed by atoms with van der Waals surface area (Å²) in [6.07, 6.45) is 0.174. The van der Waals surface area contributed by atoms with Crippen molar-refractivity contribution in [3.05, 3.63) is 119 Å². The Morgan fingerprint density at radius 1 is 0.950 bits per heavy atom. The first-order valence-corrected chi connectivity index (χ1v) is 12.4. The van der Waals surface area contributed by atoms with Gasteiger partial charge in [0, 0.05) is 24.6 Å². The van der Waals surface area contributed by atoms with Gasteiger partial charge >= 0.3 is 12.2 Å². The molecule has 0 aliphatic heterocycles. The highest BCUT2D eigenvalue weighted by atomic mass is 35.5. The van der Waals surface area contributed by atoms with Crippen LogP contribution in [0.5, 0.6) is 0 Å². The molecule has 0 aliphatic carbocycles. The van der Waals surface area contributed by atoms with Crippen LogP contribution in [0.15, 0.2) is 97.6 Å². The van der Waals surface area contributed by atoms with E-state index in [0.717, 1.165) is 28.8 Å². The lowest BCUT2D eigenvalue weighted by atomic mass is 10.1. The topological polar surface area (TPSA) is 88.8 Å². The van der Waals surface area contributed by atoms with Crippen molar-refractivity contribution >= 4 is 23.3 Å². The number of carbonyl (C=O) groups is 1. The van der Waals surface area contributed by atoms with Gasteiger partial charge in [-0.2, -0.15) is 13.2 Å². The molecule has 0 atom stereocenters. The molecule has 0 saturated heterocycles. The number of urea groups is 1. The lowest BCUT2D eigenvalue weighted by Crippen LogP contribution is -2.39. The maximum atomic E-state index is 13.6. The molecule has 5 rings (SSSR count). The summed E-state index contributed by atoms with van der Waals surface area (Å²) in [5.41, 5.74) is 3.01. The Hall–Kier alpha value is -4.77. The molecule has 2 heterocycles. The van der Waals surface area contributed by atoms with Gasteiger partial charge in [-0.1, -0.05) is 54.1 Å². The van der Waals surface area contributed by atoms with E-state index in [1.54, 1.807) is 36.7 Å². The van der Waals surface area contributed by atoms with E-state index in [-0.39, 0.29) is 18.8 Å². The van der Waals surface area contributed by atoms with E-state index in [0.29, 0.717) is 11.3 Å². The number of carbonyl (C=O) groups excluding carboxylic acids is 1. The van der Waals surface area contributed by atoms with Crippen molar-refractivity contribution < 1.29 is 18.0 Å². The fourth-order valence-corrected chi connectivity index (χ4v) is 4.28. The first-order valence-electron chi connectivity index (χ1n) is 12.0. The number of tetrazole rings is 1. The molecular weight excluding hydrogens is 543 g/mol. The average molecular weight is 564 g/mol. The molecule has 8 nitrogen and oxygen atoms in total. The number of amides is 2. The summed E-state index contributed by atoms with van der Waals surface area (Å²) < 4.78 is 42.3. The second-order valence-corrected chi connectivity index (χ2v) is 9.18. The molecule has 12 heteroatoms. The average Bonchev–Trinajstić information content (AvgIpc) is 3.51. The quantitative estimate of drug-likeness (QED) is 0.251. The van der Waals surface area contributed by atoms with Gasteiger partial charge in [0.1, 0.15) is 6.33 Å². The van der Waals surface area contributed by atoms with Gasteiger partial charge in [0.15, 0.2) is 0 Å². The summed E-state index contributed by atoms with van der Waals surface area (Å²) in [6.45, 7) is 0.133. The minimum atomic E-state index is -4.69. The normalized spacial score (nSPS) is 11.3. The minimum absolute atomic E-state index is 0.0271. The maximum Gasteiger partial charge on any atom is 0.417 e. The van der Waals surface area contributed by atoms with Crippen LogP contribution in [0.1, 0.15) is 16.7 Å². The molecule has 0 bridgehead atoms. The highest BCUT2D eigenvalue weighted by molar-refractivity contribution is 6.31. The molecule has 0 unspecified atom stereocenters. The van der Waals surface area contributed by atoms with Crippen LogP contribution < -0.4 is 10.2 Å². The van der Waals surface area contributed by atoms with Gasteiger partial charge in [0.25, 0.3) is 0 Å². The number of nitrogens with one attached hydrogen (secondary N) is 1. The number of rotatable bonds is 7. The molecule has 0 spiro atoms. The van der Waals surface area contributed by atoms with E-state index in [4.69, 9.17) is 11.6 Å². The predicted molar refractivity (Wildman–Crippen MR) is 144 cm³/mol. The Kier molecular flexibility index (Phi) is 7.74. The van der Waals surface area contributed by atoms with E-state index in [1.807, 2.05) is 36.4 Å². The van der Waals surface area contributed by atoms with Crippen LogP contribution in [-0.2, 0) is 19.3 Å². The van der Waals surface area contributed by atoms with Gasteiger partial charge in [-0.05, 0) is 69.1 Å². The molecule has 0 fully saturated rings.